The molecule has 0 fully saturated rings. The van der Waals surface area contributed by atoms with Crippen LogP contribution in [0.3, 0.4) is 0 Å². The molecule has 0 amide bonds. The lowest BCUT2D eigenvalue weighted by Crippen LogP contribution is -1.97. The van der Waals surface area contributed by atoms with Crippen LogP contribution in [0, 0.1) is 0 Å². The predicted molar refractivity (Wildman–Crippen MR) is 47.2 cm³/mol. The van der Waals surface area contributed by atoms with Crippen LogP contribution < -0.4 is 0 Å². The van der Waals surface area contributed by atoms with Crippen molar-refractivity contribution in [2.75, 3.05) is 0 Å². The second kappa shape index (κ2) is 3.23. The van der Waals surface area contributed by atoms with Crippen LogP contribution in [0.4, 0.5) is 0 Å². The second-order valence-electron chi connectivity index (χ2n) is 2.62. The third kappa shape index (κ3) is 1.58. The van der Waals surface area contributed by atoms with Crippen LogP contribution in [0.1, 0.15) is 16.7 Å². The summed E-state index contributed by atoms with van der Waals surface area (Å²) in [6.07, 6.45) is 2.61. The highest BCUT2D eigenvalue weighted by Gasteiger charge is 2.14. The van der Waals surface area contributed by atoms with E-state index in [0.29, 0.717) is 5.69 Å². The van der Waals surface area contributed by atoms with E-state index in [9.17, 15) is 5.11 Å². The number of rotatable bonds is 2. The summed E-state index contributed by atoms with van der Waals surface area (Å²) in [5.74, 6) is 0. The van der Waals surface area contributed by atoms with Crippen LogP contribution >= 0.6 is 11.3 Å². The van der Waals surface area contributed by atoms with Gasteiger partial charge in [0, 0.05) is 13.2 Å². The van der Waals surface area contributed by atoms with Crippen LogP contribution in [-0.2, 0) is 7.05 Å². The Morgan fingerprint density at radius 2 is 2.46 bits per heavy atom. The Labute approximate surface area is 78.7 Å². The number of aliphatic hydroxyl groups is 1. The number of aromatic nitrogens is 4. The summed E-state index contributed by atoms with van der Waals surface area (Å²) < 4.78 is 1.56. The first kappa shape index (κ1) is 8.33. The lowest BCUT2D eigenvalue weighted by Gasteiger charge is -2.01. The normalized spacial score (nSPS) is 13.1. The minimum absolute atomic E-state index is 0.548. The minimum atomic E-state index is -0.707. The van der Waals surface area contributed by atoms with E-state index in [0.717, 1.165) is 4.88 Å². The third-order valence-corrected chi connectivity index (χ3v) is 2.45. The van der Waals surface area contributed by atoms with Crippen molar-refractivity contribution in [3.8, 4) is 0 Å². The van der Waals surface area contributed by atoms with E-state index >= 15 is 0 Å². The number of aryl methyl sites for hydroxylation is 1. The molecule has 68 valence electrons. The minimum Gasteiger partial charge on any atom is -0.381 e. The Morgan fingerprint density at radius 1 is 1.62 bits per heavy atom. The van der Waals surface area contributed by atoms with Crippen molar-refractivity contribution in [3.05, 3.63) is 28.5 Å². The van der Waals surface area contributed by atoms with Gasteiger partial charge in [0.2, 0.25) is 0 Å². The molecule has 0 aliphatic heterocycles. The molecule has 1 atom stereocenters. The molecule has 0 saturated heterocycles. The van der Waals surface area contributed by atoms with Crippen molar-refractivity contribution in [1.29, 1.82) is 0 Å². The average molecular weight is 196 g/mol. The SMILES string of the molecule is Cn1cc(C(O)c2cncs2)nn1. The molecule has 2 rings (SSSR count). The summed E-state index contributed by atoms with van der Waals surface area (Å²) in [5.41, 5.74) is 2.22. The van der Waals surface area contributed by atoms with E-state index in [4.69, 9.17) is 0 Å². The zero-order valence-corrected chi connectivity index (χ0v) is 7.77. The van der Waals surface area contributed by atoms with E-state index in [1.165, 1.54) is 11.3 Å². The summed E-state index contributed by atoms with van der Waals surface area (Å²) in [7, 11) is 1.76. The predicted octanol–water partition coefficient (Wildman–Crippen LogP) is 0.353. The smallest absolute Gasteiger partial charge is 0.135 e. The van der Waals surface area contributed by atoms with Crippen LogP contribution in [0.25, 0.3) is 0 Å². The molecule has 13 heavy (non-hydrogen) atoms. The summed E-state index contributed by atoms with van der Waals surface area (Å²) in [6, 6.07) is 0. The van der Waals surface area contributed by atoms with Crippen molar-refractivity contribution in [2.24, 2.45) is 7.05 Å². The van der Waals surface area contributed by atoms with Gasteiger partial charge in [-0.3, -0.25) is 9.67 Å². The Hall–Kier alpha value is -1.27. The first-order valence-corrected chi connectivity index (χ1v) is 4.58. The summed E-state index contributed by atoms with van der Waals surface area (Å²) in [6.45, 7) is 0. The van der Waals surface area contributed by atoms with E-state index in [2.05, 4.69) is 15.3 Å². The Bertz CT molecular complexity index is 383. The summed E-state index contributed by atoms with van der Waals surface area (Å²) in [4.78, 5) is 4.66. The van der Waals surface area contributed by atoms with Crippen molar-refractivity contribution in [3.63, 3.8) is 0 Å². The van der Waals surface area contributed by atoms with Crippen LogP contribution in [0.2, 0.25) is 0 Å². The molecule has 0 aromatic carbocycles. The molecule has 2 aromatic heterocycles. The molecular weight excluding hydrogens is 188 g/mol. The van der Waals surface area contributed by atoms with E-state index in [1.54, 1.807) is 29.6 Å². The maximum atomic E-state index is 9.75. The average Bonchev–Trinajstić information content (AvgIpc) is 2.72. The van der Waals surface area contributed by atoms with Gasteiger partial charge >= 0.3 is 0 Å². The maximum absolute atomic E-state index is 9.75. The van der Waals surface area contributed by atoms with E-state index < -0.39 is 6.10 Å². The lowest BCUT2D eigenvalue weighted by atomic mass is 10.2. The Kier molecular flexibility index (Phi) is 2.07. The molecule has 5 nitrogen and oxygen atoms in total. The number of thiazole rings is 1. The molecule has 0 bridgehead atoms. The molecule has 0 radical (unpaired) electrons. The highest BCUT2D eigenvalue weighted by molar-refractivity contribution is 7.09. The van der Waals surface area contributed by atoms with Crippen molar-refractivity contribution >= 4 is 11.3 Å². The highest BCUT2D eigenvalue weighted by Crippen LogP contribution is 2.22. The van der Waals surface area contributed by atoms with Gasteiger partial charge in [0.25, 0.3) is 0 Å². The summed E-state index contributed by atoms with van der Waals surface area (Å²) in [5, 5.41) is 17.3. The topological polar surface area (TPSA) is 63.8 Å². The Morgan fingerprint density at radius 3 is 3.00 bits per heavy atom. The third-order valence-electron chi connectivity index (χ3n) is 1.62. The van der Waals surface area contributed by atoms with Crippen molar-refractivity contribution in [2.45, 2.75) is 6.10 Å². The van der Waals surface area contributed by atoms with Crippen molar-refractivity contribution < 1.29 is 5.11 Å². The standard InChI is InChI=1S/C7H8N4OS/c1-11-3-5(9-10-11)7(12)6-2-8-4-13-6/h2-4,7,12H,1H3. The van der Waals surface area contributed by atoms with Gasteiger partial charge in [-0.2, -0.15) is 0 Å². The van der Waals surface area contributed by atoms with Crippen LogP contribution in [0.5, 0.6) is 0 Å². The van der Waals surface area contributed by atoms with Crippen LogP contribution in [0.15, 0.2) is 17.9 Å². The monoisotopic (exact) mass is 196 g/mol. The largest absolute Gasteiger partial charge is 0.381 e. The molecule has 6 heteroatoms. The molecule has 0 aliphatic rings. The molecule has 0 aliphatic carbocycles. The Balaban J connectivity index is 2.28. The fourth-order valence-electron chi connectivity index (χ4n) is 0.997. The number of hydrogen-bond donors (Lipinski definition) is 1. The molecule has 2 aromatic rings. The number of hydrogen-bond acceptors (Lipinski definition) is 5. The number of aliphatic hydroxyl groups excluding tert-OH is 1. The summed E-state index contributed by atoms with van der Waals surface area (Å²) >= 11 is 1.40. The number of nitrogens with zero attached hydrogens (tertiary/aromatic N) is 4. The molecule has 0 spiro atoms. The van der Waals surface area contributed by atoms with Gasteiger partial charge in [0.1, 0.15) is 11.8 Å². The van der Waals surface area contributed by atoms with Gasteiger partial charge < -0.3 is 5.11 Å². The molecule has 1 unspecified atom stereocenters. The van der Waals surface area contributed by atoms with E-state index in [-0.39, 0.29) is 0 Å². The van der Waals surface area contributed by atoms with Gasteiger partial charge in [0.15, 0.2) is 0 Å². The van der Waals surface area contributed by atoms with Crippen LogP contribution in [-0.4, -0.2) is 25.1 Å². The second-order valence-corrected chi connectivity index (χ2v) is 3.54. The van der Waals surface area contributed by atoms with Gasteiger partial charge in [-0.1, -0.05) is 5.21 Å². The zero-order valence-electron chi connectivity index (χ0n) is 6.95. The van der Waals surface area contributed by atoms with Gasteiger partial charge in [-0.25, -0.2) is 0 Å². The lowest BCUT2D eigenvalue weighted by molar-refractivity contribution is 0.219. The van der Waals surface area contributed by atoms with Gasteiger partial charge in [0.05, 0.1) is 16.6 Å². The molecule has 0 saturated carbocycles. The van der Waals surface area contributed by atoms with Gasteiger partial charge in [-0.05, 0) is 0 Å². The zero-order chi connectivity index (χ0) is 9.26. The molecular formula is C7H8N4OS. The first-order chi connectivity index (χ1) is 6.27. The molecule has 2 heterocycles. The maximum Gasteiger partial charge on any atom is 0.135 e. The quantitative estimate of drug-likeness (QED) is 0.753. The first-order valence-electron chi connectivity index (χ1n) is 3.70. The van der Waals surface area contributed by atoms with Crippen molar-refractivity contribution in [1.82, 2.24) is 20.0 Å². The fourth-order valence-corrected chi connectivity index (χ4v) is 1.61. The highest BCUT2D eigenvalue weighted by atomic mass is 32.1. The fraction of sp³-hybridized carbons (Fsp3) is 0.286. The van der Waals surface area contributed by atoms with Gasteiger partial charge in [-0.15, -0.1) is 16.4 Å². The molecule has 1 N–H and O–H groups in total. The van der Waals surface area contributed by atoms with E-state index in [1.807, 2.05) is 0 Å².